The number of amides is 2. The van der Waals surface area contributed by atoms with Gasteiger partial charge in [-0.3, -0.25) is 14.5 Å². The molecule has 0 spiro atoms. The molecular weight excluding hydrogens is 476 g/mol. The number of guanidine groups is 1. The second kappa shape index (κ2) is 10.4. The molecule has 0 aliphatic carbocycles. The number of urea groups is 1. The summed E-state index contributed by atoms with van der Waals surface area (Å²) in [6.45, 7) is 5.94. The van der Waals surface area contributed by atoms with E-state index < -0.39 is 41.6 Å². The van der Waals surface area contributed by atoms with E-state index in [9.17, 15) is 24.6 Å². The van der Waals surface area contributed by atoms with E-state index in [1.807, 2.05) is 6.92 Å². The number of carbonyl (C=O) groups excluding carboxylic acids is 3. The number of benzene rings is 2. The molecular formula is C27H32N4O6. The van der Waals surface area contributed by atoms with Crippen LogP contribution in [0.3, 0.4) is 0 Å². The molecule has 2 aliphatic heterocycles. The van der Waals surface area contributed by atoms with Gasteiger partial charge in [0.25, 0.3) is 0 Å². The minimum Gasteiger partial charge on any atom is -0.380 e. The number of ether oxygens (including phenoxy) is 1. The Morgan fingerprint density at radius 2 is 1.81 bits per heavy atom. The maximum Gasteiger partial charge on any atom is 0.350 e. The first-order valence-corrected chi connectivity index (χ1v) is 12.2. The highest BCUT2D eigenvalue weighted by Crippen LogP contribution is 2.39. The van der Waals surface area contributed by atoms with Crippen LogP contribution in [-0.2, 0) is 9.53 Å². The molecule has 2 aromatic carbocycles. The first-order valence-electron chi connectivity index (χ1n) is 12.2. The maximum absolute atomic E-state index is 13.7. The normalized spacial score (nSPS) is 24.7. The van der Waals surface area contributed by atoms with Crippen molar-refractivity contribution in [1.29, 1.82) is 0 Å². The van der Waals surface area contributed by atoms with Crippen LogP contribution < -0.4 is 5.73 Å². The van der Waals surface area contributed by atoms with E-state index in [1.54, 1.807) is 67.3 Å². The van der Waals surface area contributed by atoms with Gasteiger partial charge < -0.3 is 25.6 Å². The van der Waals surface area contributed by atoms with Gasteiger partial charge in [-0.2, -0.15) is 4.99 Å². The standard InChI is InChI=1S/C27H32N4O6/c1-4-13-30-15-31(26(35)29-25(30)28)20-14-27(36,23(34)19-12-8-6-10-17(19)3)24(37-20)22(33)21(32)18-11-7-5-9-16(18)2/h5-12,20-21,24,32,36H,4,13-15H2,1-3H3,(H2,28,29,35)/t20-,21?,24-,27-/m1/s1. The quantitative estimate of drug-likeness (QED) is 0.459. The molecule has 2 aliphatic rings. The molecule has 10 heteroatoms. The molecule has 0 radical (unpaired) electrons. The zero-order valence-corrected chi connectivity index (χ0v) is 21.1. The third-order valence-electron chi connectivity index (χ3n) is 6.95. The van der Waals surface area contributed by atoms with Crippen LogP contribution in [0.25, 0.3) is 0 Å². The van der Waals surface area contributed by atoms with Crippen LogP contribution in [0, 0.1) is 13.8 Å². The van der Waals surface area contributed by atoms with Gasteiger partial charge in [0, 0.05) is 18.5 Å². The Hall–Kier alpha value is -3.60. The number of aliphatic imine (C=N–C) groups is 1. The minimum absolute atomic E-state index is 0.0164. The highest BCUT2D eigenvalue weighted by Gasteiger charge is 2.59. The van der Waals surface area contributed by atoms with E-state index in [0.717, 1.165) is 6.42 Å². The van der Waals surface area contributed by atoms with Crippen LogP contribution in [0.5, 0.6) is 0 Å². The lowest BCUT2D eigenvalue weighted by Crippen LogP contribution is -2.55. The predicted molar refractivity (Wildman–Crippen MR) is 136 cm³/mol. The van der Waals surface area contributed by atoms with Crippen LogP contribution in [0.2, 0.25) is 0 Å². The summed E-state index contributed by atoms with van der Waals surface area (Å²) in [6.07, 6.45) is -4.17. The van der Waals surface area contributed by atoms with Gasteiger partial charge in [0.05, 0.1) is 0 Å². The Bertz CT molecular complexity index is 1250. The molecule has 2 amide bonds. The summed E-state index contributed by atoms with van der Waals surface area (Å²) in [7, 11) is 0. The van der Waals surface area contributed by atoms with Gasteiger partial charge >= 0.3 is 6.03 Å². The number of carbonyl (C=O) groups is 3. The van der Waals surface area contributed by atoms with Crippen molar-refractivity contribution in [2.45, 2.75) is 57.6 Å². The average Bonchev–Trinajstić information content (AvgIpc) is 3.23. The van der Waals surface area contributed by atoms with Crippen molar-refractivity contribution >= 4 is 23.6 Å². The lowest BCUT2D eigenvalue weighted by Gasteiger charge is -2.36. The fraction of sp³-hybridized carbons (Fsp3) is 0.407. The van der Waals surface area contributed by atoms with E-state index in [0.29, 0.717) is 23.2 Å². The fourth-order valence-electron chi connectivity index (χ4n) is 4.86. The molecule has 37 heavy (non-hydrogen) atoms. The van der Waals surface area contributed by atoms with E-state index in [4.69, 9.17) is 10.5 Å². The topological polar surface area (TPSA) is 146 Å². The monoisotopic (exact) mass is 508 g/mol. The van der Waals surface area contributed by atoms with E-state index >= 15 is 0 Å². The van der Waals surface area contributed by atoms with Crippen molar-refractivity contribution in [1.82, 2.24) is 9.80 Å². The third kappa shape index (κ3) is 4.87. The number of nitrogens with zero attached hydrogens (tertiary/aromatic N) is 3. The van der Waals surface area contributed by atoms with Crippen molar-refractivity contribution in [3.63, 3.8) is 0 Å². The first-order chi connectivity index (χ1) is 17.6. The maximum atomic E-state index is 13.7. The van der Waals surface area contributed by atoms with Gasteiger partial charge in [-0.1, -0.05) is 55.5 Å². The Kier molecular flexibility index (Phi) is 7.44. The zero-order valence-electron chi connectivity index (χ0n) is 21.1. The molecule has 2 aromatic rings. The number of aliphatic hydroxyl groups is 2. The lowest BCUT2D eigenvalue weighted by molar-refractivity contribution is -0.149. The highest BCUT2D eigenvalue weighted by molar-refractivity contribution is 6.08. The number of rotatable bonds is 8. The summed E-state index contributed by atoms with van der Waals surface area (Å²) >= 11 is 0. The molecule has 1 saturated heterocycles. The minimum atomic E-state index is -2.33. The van der Waals surface area contributed by atoms with Gasteiger partial charge in [-0.05, 0) is 37.0 Å². The number of Topliss-reactive ketones (excluding diaryl/α,β-unsaturated/α-hetero) is 2. The summed E-state index contributed by atoms with van der Waals surface area (Å²) in [5.74, 6) is -1.53. The van der Waals surface area contributed by atoms with Crippen molar-refractivity contribution in [3.05, 3.63) is 70.8 Å². The Balaban J connectivity index is 1.72. The van der Waals surface area contributed by atoms with Crippen molar-refractivity contribution < 1.29 is 29.3 Å². The summed E-state index contributed by atoms with van der Waals surface area (Å²) in [4.78, 5) is 46.9. The van der Waals surface area contributed by atoms with Crippen LogP contribution in [0.1, 0.15) is 52.9 Å². The van der Waals surface area contributed by atoms with Crippen molar-refractivity contribution in [2.75, 3.05) is 13.2 Å². The van der Waals surface area contributed by atoms with Crippen molar-refractivity contribution in [2.24, 2.45) is 10.7 Å². The van der Waals surface area contributed by atoms with Gasteiger partial charge in [-0.25, -0.2) is 4.79 Å². The van der Waals surface area contributed by atoms with E-state index in [-0.39, 0.29) is 24.6 Å². The SMILES string of the molecule is CCCN1CN([C@H]2C[C@@](O)(C(=O)c3ccccc3C)[C@@H](C(=O)C(O)c3ccccc3C)O2)C(=O)N=C1N. The zero-order chi connectivity index (χ0) is 26.9. The number of aliphatic hydroxyl groups excluding tert-OH is 1. The molecule has 0 bridgehead atoms. The number of nitrogens with two attached hydrogens (primary N) is 1. The van der Waals surface area contributed by atoms with Gasteiger partial charge in [0.1, 0.15) is 19.0 Å². The molecule has 4 N–H and O–H groups in total. The predicted octanol–water partition coefficient (Wildman–Crippen LogP) is 2.05. The largest absolute Gasteiger partial charge is 0.380 e. The van der Waals surface area contributed by atoms with Crippen molar-refractivity contribution in [3.8, 4) is 0 Å². The molecule has 10 nitrogen and oxygen atoms in total. The molecule has 0 saturated carbocycles. The number of hydrogen-bond acceptors (Lipinski definition) is 8. The lowest BCUT2D eigenvalue weighted by atomic mass is 9.81. The smallest absolute Gasteiger partial charge is 0.350 e. The Labute approximate surface area is 215 Å². The average molecular weight is 509 g/mol. The summed E-state index contributed by atoms with van der Waals surface area (Å²) in [5.41, 5.74) is 5.40. The highest BCUT2D eigenvalue weighted by atomic mass is 16.5. The van der Waals surface area contributed by atoms with Gasteiger partial charge in [0.2, 0.25) is 5.96 Å². The molecule has 0 aromatic heterocycles. The van der Waals surface area contributed by atoms with Crippen LogP contribution >= 0.6 is 0 Å². The second-order valence-electron chi connectivity index (χ2n) is 9.53. The summed E-state index contributed by atoms with van der Waals surface area (Å²) < 4.78 is 5.96. The Morgan fingerprint density at radius 1 is 1.16 bits per heavy atom. The summed E-state index contributed by atoms with van der Waals surface area (Å²) in [5, 5.41) is 22.8. The Morgan fingerprint density at radius 3 is 2.46 bits per heavy atom. The van der Waals surface area contributed by atoms with Crippen LogP contribution in [0.15, 0.2) is 53.5 Å². The first kappa shape index (κ1) is 26.5. The van der Waals surface area contributed by atoms with E-state index in [2.05, 4.69) is 4.99 Å². The molecule has 2 heterocycles. The molecule has 1 fully saturated rings. The van der Waals surface area contributed by atoms with Gasteiger partial charge in [0.15, 0.2) is 23.3 Å². The number of ketones is 2. The molecule has 1 unspecified atom stereocenters. The van der Waals surface area contributed by atoms with Crippen LogP contribution in [-0.4, -0.2) is 74.7 Å². The number of hydrogen-bond donors (Lipinski definition) is 3. The molecule has 4 atom stereocenters. The van der Waals surface area contributed by atoms with Crippen LogP contribution in [0.4, 0.5) is 4.79 Å². The third-order valence-corrected chi connectivity index (χ3v) is 6.95. The van der Waals surface area contributed by atoms with Gasteiger partial charge in [-0.15, -0.1) is 0 Å². The fourth-order valence-corrected chi connectivity index (χ4v) is 4.86. The molecule has 196 valence electrons. The number of aryl methyl sites for hydroxylation is 2. The summed E-state index contributed by atoms with van der Waals surface area (Å²) in [6, 6.07) is 12.8. The van der Waals surface area contributed by atoms with E-state index in [1.165, 1.54) is 4.90 Å². The second-order valence-corrected chi connectivity index (χ2v) is 9.53. The molecule has 4 rings (SSSR count).